The molecule has 0 aliphatic carbocycles. The van der Waals surface area contributed by atoms with Crippen molar-refractivity contribution in [2.24, 2.45) is 0 Å². The van der Waals surface area contributed by atoms with E-state index >= 15 is 0 Å². The minimum Gasteiger partial charge on any atom is -0.465 e. The number of thioether (sulfide) groups is 1. The molecule has 30 heavy (non-hydrogen) atoms. The molecule has 0 bridgehead atoms. The maximum absolute atomic E-state index is 13.2. The molecule has 6 heteroatoms. The normalized spacial score (nSPS) is 12.2. The van der Waals surface area contributed by atoms with E-state index in [1.807, 2.05) is 73.7 Å². The van der Waals surface area contributed by atoms with E-state index in [2.05, 4.69) is 0 Å². The molecule has 4 rings (SSSR count). The van der Waals surface area contributed by atoms with E-state index in [4.69, 9.17) is 9.72 Å². The Hall–Kier alpha value is -3.12. The summed E-state index contributed by atoms with van der Waals surface area (Å²) >= 11 is 1.25. The van der Waals surface area contributed by atoms with Crippen LogP contribution >= 0.6 is 11.8 Å². The van der Waals surface area contributed by atoms with Crippen LogP contribution < -0.4 is 5.56 Å². The van der Waals surface area contributed by atoms with Gasteiger partial charge in [0.05, 0.1) is 17.5 Å². The van der Waals surface area contributed by atoms with Crippen molar-refractivity contribution in [3.05, 3.63) is 82.6 Å². The van der Waals surface area contributed by atoms with Gasteiger partial charge in [0.2, 0.25) is 0 Å². The Morgan fingerprint density at radius 1 is 1.03 bits per heavy atom. The maximum atomic E-state index is 13.2. The van der Waals surface area contributed by atoms with E-state index in [0.29, 0.717) is 29.2 Å². The van der Waals surface area contributed by atoms with E-state index in [0.717, 1.165) is 16.3 Å². The molecule has 0 aliphatic heterocycles. The monoisotopic (exact) mass is 418 g/mol. The Morgan fingerprint density at radius 3 is 2.37 bits per heavy atom. The van der Waals surface area contributed by atoms with Crippen LogP contribution in [0, 0.1) is 0 Å². The highest BCUT2D eigenvalue weighted by molar-refractivity contribution is 8.00. The van der Waals surface area contributed by atoms with Gasteiger partial charge in [-0.15, -0.1) is 0 Å². The fraction of sp³-hybridized carbons (Fsp3) is 0.208. The number of esters is 1. The predicted octanol–water partition coefficient (Wildman–Crippen LogP) is 4.97. The topological polar surface area (TPSA) is 61.2 Å². The fourth-order valence-corrected chi connectivity index (χ4v) is 4.62. The Balaban J connectivity index is 1.86. The molecule has 0 amide bonds. The zero-order valence-corrected chi connectivity index (χ0v) is 17.7. The van der Waals surface area contributed by atoms with Gasteiger partial charge in [-0.05, 0) is 42.3 Å². The first-order valence-electron chi connectivity index (χ1n) is 9.94. The lowest BCUT2D eigenvalue weighted by Crippen LogP contribution is -2.24. The van der Waals surface area contributed by atoms with Crippen molar-refractivity contribution >= 4 is 39.4 Å². The number of nitrogens with zero attached hydrogens (tertiary/aromatic N) is 2. The van der Waals surface area contributed by atoms with Crippen molar-refractivity contribution in [3.63, 3.8) is 0 Å². The highest BCUT2D eigenvalue weighted by Gasteiger charge is 2.26. The van der Waals surface area contributed by atoms with Crippen molar-refractivity contribution in [2.75, 3.05) is 6.61 Å². The smallest absolute Gasteiger partial charge is 0.324 e. The average Bonchev–Trinajstić information content (AvgIpc) is 2.77. The van der Waals surface area contributed by atoms with Crippen molar-refractivity contribution in [2.45, 2.75) is 30.8 Å². The van der Waals surface area contributed by atoms with Gasteiger partial charge in [0.1, 0.15) is 5.25 Å². The number of hydrogen-bond acceptors (Lipinski definition) is 5. The van der Waals surface area contributed by atoms with E-state index in [1.54, 1.807) is 11.5 Å². The molecule has 3 aromatic carbocycles. The van der Waals surface area contributed by atoms with Crippen LogP contribution in [0.25, 0.3) is 21.7 Å². The van der Waals surface area contributed by atoms with Gasteiger partial charge in [-0.2, -0.15) is 0 Å². The van der Waals surface area contributed by atoms with Gasteiger partial charge in [-0.1, -0.05) is 66.4 Å². The van der Waals surface area contributed by atoms with Crippen LogP contribution in [0.5, 0.6) is 0 Å². The standard InChI is InChI=1S/C24H22N2O3S/c1-3-26-22(27)19-14-17-12-8-9-13-18(17)15-20(19)25-24(26)30-21(23(28)29-4-2)16-10-6-5-7-11-16/h5-15,21H,3-4H2,1-2H3. The summed E-state index contributed by atoms with van der Waals surface area (Å²) in [6, 6.07) is 21.2. The second kappa shape index (κ2) is 8.71. The molecule has 1 unspecified atom stereocenters. The first-order valence-corrected chi connectivity index (χ1v) is 10.8. The Labute approximate surface area is 178 Å². The van der Waals surface area contributed by atoms with E-state index in [9.17, 15) is 9.59 Å². The van der Waals surface area contributed by atoms with Crippen LogP contribution in [0.3, 0.4) is 0 Å². The number of fused-ring (bicyclic) bond motifs is 2. The van der Waals surface area contributed by atoms with Crippen molar-refractivity contribution in [1.29, 1.82) is 0 Å². The fourth-order valence-electron chi connectivity index (χ4n) is 3.46. The minimum absolute atomic E-state index is 0.105. The van der Waals surface area contributed by atoms with Crippen LogP contribution in [0.15, 0.2) is 76.7 Å². The molecule has 152 valence electrons. The molecule has 1 heterocycles. The molecule has 0 radical (unpaired) electrons. The summed E-state index contributed by atoms with van der Waals surface area (Å²) in [5.41, 5.74) is 1.34. The number of rotatable bonds is 6. The Morgan fingerprint density at radius 2 is 1.70 bits per heavy atom. The third-order valence-corrected chi connectivity index (χ3v) is 6.15. The summed E-state index contributed by atoms with van der Waals surface area (Å²) in [6.45, 7) is 4.44. The molecule has 0 spiro atoms. The van der Waals surface area contributed by atoms with Gasteiger partial charge in [-0.3, -0.25) is 14.2 Å². The van der Waals surface area contributed by atoms with Crippen LogP contribution in [0.2, 0.25) is 0 Å². The SMILES string of the molecule is CCOC(=O)C(Sc1nc2cc3ccccc3cc2c(=O)n1CC)c1ccccc1. The van der Waals surface area contributed by atoms with Gasteiger partial charge < -0.3 is 4.74 Å². The van der Waals surface area contributed by atoms with Gasteiger partial charge in [0.25, 0.3) is 5.56 Å². The summed E-state index contributed by atoms with van der Waals surface area (Å²) in [5, 5.41) is 2.50. The third kappa shape index (κ3) is 3.83. The third-order valence-electron chi connectivity index (χ3n) is 4.93. The summed E-state index contributed by atoms with van der Waals surface area (Å²) in [7, 11) is 0. The zero-order chi connectivity index (χ0) is 21.1. The van der Waals surface area contributed by atoms with Crippen LogP contribution in [0.4, 0.5) is 0 Å². The molecule has 0 saturated heterocycles. The van der Waals surface area contributed by atoms with E-state index in [1.165, 1.54) is 11.8 Å². The predicted molar refractivity (Wildman–Crippen MR) is 121 cm³/mol. The van der Waals surface area contributed by atoms with Crippen molar-refractivity contribution < 1.29 is 9.53 Å². The quantitative estimate of drug-likeness (QED) is 0.192. The van der Waals surface area contributed by atoms with E-state index in [-0.39, 0.29) is 11.5 Å². The molecule has 4 aromatic rings. The van der Waals surface area contributed by atoms with Crippen LogP contribution in [-0.4, -0.2) is 22.1 Å². The second-order valence-electron chi connectivity index (χ2n) is 6.82. The van der Waals surface area contributed by atoms with Crippen molar-refractivity contribution in [1.82, 2.24) is 9.55 Å². The molecule has 0 N–H and O–H groups in total. The number of ether oxygens (including phenoxy) is 1. The van der Waals surface area contributed by atoms with Gasteiger partial charge in [-0.25, -0.2) is 4.98 Å². The number of aromatic nitrogens is 2. The lowest BCUT2D eigenvalue weighted by Gasteiger charge is -2.18. The van der Waals surface area contributed by atoms with Crippen LogP contribution in [0.1, 0.15) is 24.7 Å². The Kier molecular flexibility index (Phi) is 5.86. The first-order chi connectivity index (χ1) is 14.6. The molecular weight excluding hydrogens is 396 g/mol. The maximum Gasteiger partial charge on any atom is 0.324 e. The summed E-state index contributed by atoms with van der Waals surface area (Å²) in [6.07, 6.45) is 0. The second-order valence-corrected chi connectivity index (χ2v) is 7.89. The highest BCUT2D eigenvalue weighted by Crippen LogP contribution is 2.35. The number of hydrogen-bond donors (Lipinski definition) is 0. The highest BCUT2D eigenvalue weighted by atomic mass is 32.2. The molecule has 1 aromatic heterocycles. The first kappa shape index (κ1) is 20.2. The number of carbonyl (C=O) groups excluding carboxylic acids is 1. The molecule has 0 fully saturated rings. The number of benzene rings is 3. The molecule has 1 atom stereocenters. The summed E-state index contributed by atoms with van der Waals surface area (Å²) < 4.78 is 6.93. The molecule has 5 nitrogen and oxygen atoms in total. The lowest BCUT2D eigenvalue weighted by atomic mass is 10.1. The minimum atomic E-state index is -0.603. The molecule has 0 aliphatic rings. The number of carbonyl (C=O) groups is 1. The largest absolute Gasteiger partial charge is 0.465 e. The van der Waals surface area contributed by atoms with Gasteiger partial charge in [0, 0.05) is 6.54 Å². The summed E-state index contributed by atoms with van der Waals surface area (Å²) in [5.74, 6) is -0.343. The van der Waals surface area contributed by atoms with Crippen molar-refractivity contribution in [3.8, 4) is 0 Å². The summed E-state index contributed by atoms with van der Waals surface area (Å²) in [4.78, 5) is 30.7. The van der Waals surface area contributed by atoms with Gasteiger partial charge >= 0.3 is 5.97 Å². The van der Waals surface area contributed by atoms with E-state index < -0.39 is 5.25 Å². The van der Waals surface area contributed by atoms with Gasteiger partial charge in [0.15, 0.2) is 5.16 Å². The molecule has 0 saturated carbocycles. The Bertz CT molecular complexity index is 1270. The zero-order valence-electron chi connectivity index (χ0n) is 16.9. The average molecular weight is 419 g/mol. The lowest BCUT2D eigenvalue weighted by molar-refractivity contribution is -0.142. The van der Waals surface area contributed by atoms with Crippen LogP contribution in [-0.2, 0) is 16.1 Å². The molecular formula is C24H22N2O3S.